The molecule has 51 heavy (non-hydrogen) atoms. The van der Waals surface area contributed by atoms with Crippen molar-refractivity contribution in [2.24, 2.45) is 0 Å². The van der Waals surface area contributed by atoms with Crippen molar-refractivity contribution in [3.63, 3.8) is 0 Å². The summed E-state index contributed by atoms with van der Waals surface area (Å²) < 4.78 is 34.9. The zero-order valence-electron chi connectivity index (χ0n) is 28.1. The minimum absolute atomic E-state index is 0.0552. The predicted molar refractivity (Wildman–Crippen MR) is 197 cm³/mol. The third-order valence-corrected chi connectivity index (χ3v) is 11.3. The van der Waals surface area contributed by atoms with Gasteiger partial charge in [0.25, 0.3) is 15.7 Å². The highest BCUT2D eigenvalue weighted by molar-refractivity contribution is 7.92. The van der Waals surface area contributed by atoms with Gasteiger partial charge in [-0.3, -0.25) is 24.0 Å². The summed E-state index contributed by atoms with van der Waals surface area (Å²) in [6.07, 6.45) is 3.71. The molecule has 0 heterocycles. The summed E-state index contributed by atoms with van der Waals surface area (Å²) in [7, 11) is -3.13. The number of hydrogen-bond acceptors (Lipinski definition) is 7. The standard InChI is InChI=1S/C37H38Cl2N4O7S/c1-25-12-19-32(22-34(25)43(46)47)51(48,49)42(30-15-17-31(50-2)18-16-30)24-36(44)41(23-27-13-14-28(38)21-33(27)39)35(20-26-8-4-3-5-9-26)37(45)40-29-10-6-7-11-29/h3-5,8-9,12-19,21-22,29,35H,6-7,10-11,20,23-24H2,1-2H3,(H,40,45)/t35-/m0/s1. The van der Waals surface area contributed by atoms with Crippen molar-refractivity contribution < 1.29 is 27.7 Å². The number of rotatable bonds is 14. The molecule has 1 N–H and O–H groups in total. The molecule has 0 bridgehead atoms. The monoisotopic (exact) mass is 752 g/mol. The van der Waals surface area contributed by atoms with Crippen molar-refractivity contribution in [3.8, 4) is 5.75 Å². The molecule has 1 saturated carbocycles. The van der Waals surface area contributed by atoms with E-state index in [1.165, 1.54) is 49.3 Å². The molecule has 11 nitrogen and oxygen atoms in total. The van der Waals surface area contributed by atoms with Gasteiger partial charge in [0.2, 0.25) is 11.8 Å². The Hall–Kier alpha value is -4.65. The van der Waals surface area contributed by atoms with Crippen LogP contribution in [0.4, 0.5) is 11.4 Å². The minimum Gasteiger partial charge on any atom is -0.497 e. The smallest absolute Gasteiger partial charge is 0.273 e. The maximum atomic E-state index is 14.8. The molecule has 1 aliphatic rings. The normalized spacial score (nSPS) is 13.7. The summed E-state index contributed by atoms with van der Waals surface area (Å²) in [5, 5.41) is 15.5. The second-order valence-electron chi connectivity index (χ2n) is 12.4. The first-order valence-corrected chi connectivity index (χ1v) is 18.6. The van der Waals surface area contributed by atoms with E-state index in [4.69, 9.17) is 27.9 Å². The molecule has 1 atom stereocenters. The fourth-order valence-corrected chi connectivity index (χ4v) is 8.01. The Balaban J connectivity index is 1.61. The molecule has 0 unspecified atom stereocenters. The Morgan fingerprint density at radius 3 is 2.29 bits per heavy atom. The number of nitrogens with zero attached hydrogens (tertiary/aromatic N) is 3. The first-order valence-electron chi connectivity index (χ1n) is 16.4. The van der Waals surface area contributed by atoms with E-state index in [0.717, 1.165) is 41.6 Å². The molecular formula is C37H38Cl2N4O7S. The fraction of sp³-hybridized carbons (Fsp3) is 0.297. The van der Waals surface area contributed by atoms with Crippen LogP contribution in [0.1, 0.15) is 42.4 Å². The Bertz CT molecular complexity index is 1990. The van der Waals surface area contributed by atoms with Crippen molar-refractivity contribution in [1.82, 2.24) is 10.2 Å². The summed E-state index contributed by atoms with van der Waals surface area (Å²) in [4.78, 5) is 41.0. The second-order valence-corrected chi connectivity index (χ2v) is 15.1. The van der Waals surface area contributed by atoms with Crippen LogP contribution < -0.4 is 14.4 Å². The average molecular weight is 754 g/mol. The van der Waals surface area contributed by atoms with Crippen LogP contribution in [0.15, 0.2) is 95.9 Å². The number of sulfonamides is 1. The number of carbonyl (C=O) groups excluding carboxylic acids is 2. The van der Waals surface area contributed by atoms with E-state index >= 15 is 0 Å². The molecule has 0 spiro atoms. The number of methoxy groups -OCH3 is 1. The number of ether oxygens (including phenoxy) is 1. The molecule has 4 aromatic rings. The highest BCUT2D eigenvalue weighted by Crippen LogP contribution is 2.31. The second kappa shape index (κ2) is 16.6. The molecule has 0 radical (unpaired) electrons. The molecule has 1 aliphatic carbocycles. The van der Waals surface area contributed by atoms with E-state index in [1.807, 2.05) is 30.3 Å². The first kappa shape index (κ1) is 37.6. The highest BCUT2D eigenvalue weighted by atomic mass is 35.5. The summed E-state index contributed by atoms with van der Waals surface area (Å²) in [6.45, 7) is 0.614. The minimum atomic E-state index is -4.59. The number of halogens is 2. The van der Waals surface area contributed by atoms with Gasteiger partial charge in [-0.1, -0.05) is 78.5 Å². The molecule has 2 amide bonds. The van der Waals surface area contributed by atoms with Gasteiger partial charge in [0.05, 0.1) is 22.6 Å². The highest BCUT2D eigenvalue weighted by Gasteiger charge is 2.36. The van der Waals surface area contributed by atoms with Crippen LogP contribution in [-0.2, 0) is 32.6 Å². The van der Waals surface area contributed by atoms with Crippen LogP contribution in [0, 0.1) is 17.0 Å². The molecule has 268 valence electrons. The van der Waals surface area contributed by atoms with Gasteiger partial charge in [-0.15, -0.1) is 0 Å². The molecule has 1 fully saturated rings. The Labute approximate surface area is 307 Å². The maximum Gasteiger partial charge on any atom is 0.273 e. The van der Waals surface area contributed by atoms with Gasteiger partial charge in [0, 0.05) is 40.7 Å². The molecule has 0 aliphatic heterocycles. The van der Waals surface area contributed by atoms with Gasteiger partial charge in [-0.2, -0.15) is 0 Å². The van der Waals surface area contributed by atoms with Crippen LogP contribution in [0.2, 0.25) is 10.0 Å². The van der Waals surface area contributed by atoms with Gasteiger partial charge in [0.15, 0.2) is 0 Å². The lowest BCUT2D eigenvalue weighted by atomic mass is 10.0. The third-order valence-electron chi connectivity index (χ3n) is 8.93. The molecule has 5 rings (SSSR count). The number of anilines is 1. The summed E-state index contributed by atoms with van der Waals surface area (Å²) in [6, 6.07) is 22.5. The Kier molecular flexibility index (Phi) is 12.2. The van der Waals surface area contributed by atoms with Crippen LogP contribution in [0.3, 0.4) is 0 Å². The fourth-order valence-electron chi connectivity index (χ4n) is 6.11. The van der Waals surface area contributed by atoms with Crippen molar-refractivity contribution in [2.75, 3.05) is 18.0 Å². The van der Waals surface area contributed by atoms with Crippen molar-refractivity contribution in [1.29, 1.82) is 0 Å². The van der Waals surface area contributed by atoms with Crippen molar-refractivity contribution in [2.45, 2.75) is 62.6 Å². The largest absolute Gasteiger partial charge is 0.497 e. The number of nitro benzene ring substituents is 1. The van der Waals surface area contributed by atoms with E-state index in [1.54, 1.807) is 24.3 Å². The third kappa shape index (κ3) is 9.18. The lowest BCUT2D eigenvalue weighted by Gasteiger charge is -2.34. The maximum absolute atomic E-state index is 14.8. The van der Waals surface area contributed by atoms with Crippen molar-refractivity contribution in [3.05, 3.63) is 128 Å². The van der Waals surface area contributed by atoms with E-state index in [9.17, 15) is 28.1 Å². The predicted octanol–water partition coefficient (Wildman–Crippen LogP) is 7.11. The summed E-state index contributed by atoms with van der Waals surface area (Å²) >= 11 is 12.8. The first-order chi connectivity index (χ1) is 24.4. The number of carbonyl (C=O) groups is 2. The molecular weight excluding hydrogens is 715 g/mol. The average Bonchev–Trinajstić information content (AvgIpc) is 3.63. The zero-order chi connectivity index (χ0) is 36.7. The van der Waals surface area contributed by atoms with Crippen molar-refractivity contribution >= 4 is 56.4 Å². The SMILES string of the molecule is COc1ccc(N(CC(=O)N(Cc2ccc(Cl)cc2Cl)[C@@H](Cc2ccccc2)C(=O)NC2CCCC2)S(=O)(=O)c2ccc(C)c([N+](=O)[O-])c2)cc1. The quantitative estimate of drug-likeness (QED) is 0.107. The summed E-state index contributed by atoms with van der Waals surface area (Å²) in [5.41, 5.74) is 1.27. The van der Waals surface area contributed by atoms with Crippen LogP contribution in [-0.4, -0.2) is 55.8 Å². The number of aryl methyl sites for hydroxylation is 1. The van der Waals surface area contributed by atoms with E-state index in [-0.39, 0.29) is 51.8 Å². The Morgan fingerprint density at radius 2 is 1.67 bits per heavy atom. The van der Waals surface area contributed by atoms with E-state index in [0.29, 0.717) is 16.3 Å². The van der Waals surface area contributed by atoms with Gasteiger partial charge >= 0.3 is 0 Å². The Morgan fingerprint density at radius 1 is 0.980 bits per heavy atom. The van der Waals surface area contributed by atoms with Gasteiger partial charge in [-0.05, 0) is 73.4 Å². The number of nitro groups is 1. The summed E-state index contributed by atoms with van der Waals surface area (Å²) in [5.74, 6) is -0.638. The van der Waals surface area contributed by atoms with Crippen LogP contribution >= 0.6 is 23.2 Å². The molecule has 14 heteroatoms. The van der Waals surface area contributed by atoms with Crippen LogP contribution in [0.5, 0.6) is 5.75 Å². The van der Waals surface area contributed by atoms with E-state index in [2.05, 4.69) is 5.32 Å². The topological polar surface area (TPSA) is 139 Å². The lowest BCUT2D eigenvalue weighted by molar-refractivity contribution is -0.385. The zero-order valence-corrected chi connectivity index (χ0v) is 30.5. The number of nitrogens with one attached hydrogen (secondary N) is 1. The van der Waals surface area contributed by atoms with Gasteiger partial charge < -0.3 is 15.0 Å². The van der Waals surface area contributed by atoms with Gasteiger partial charge in [-0.25, -0.2) is 8.42 Å². The van der Waals surface area contributed by atoms with Gasteiger partial charge in [0.1, 0.15) is 18.3 Å². The number of amides is 2. The molecule has 0 aromatic heterocycles. The number of benzene rings is 4. The molecule has 0 saturated heterocycles. The van der Waals surface area contributed by atoms with E-state index < -0.39 is 33.4 Å². The molecule has 4 aromatic carbocycles. The number of hydrogen-bond donors (Lipinski definition) is 1. The van der Waals surface area contributed by atoms with Crippen LogP contribution in [0.25, 0.3) is 0 Å². The lowest BCUT2D eigenvalue weighted by Crippen LogP contribution is -2.54.